The van der Waals surface area contributed by atoms with Gasteiger partial charge in [-0.3, -0.25) is 9.78 Å². The van der Waals surface area contributed by atoms with Crippen LogP contribution in [0, 0.1) is 0 Å². The molecule has 0 aliphatic heterocycles. The number of hydrogen-bond donors (Lipinski definition) is 2. The number of carbonyl (C=O) groups is 1. The Labute approximate surface area is 92.7 Å². The molecule has 2 rings (SSSR count). The lowest BCUT2D eigenvalue weighted by Crippen LogP contribution is -2.32. The standard InChI is InChI=1S/C12H12N2O2/c13-11(12(15)16)6-9-3-1-2-8-4-5-14-7-10(8)9/h1-5,7,11H,6,13H2,(H,15,16). The average Bonchev–Trinajstić information content (AvgIpc) is 2.29. The highest BCUT2D eigenvalue weighted by atomic mass is 16.4. The molecule has 1 heterocycles. The van der Waals surface area contributed by atoms with Gasteiger partial charge in [-0.05, 0) is 23.4 Å². The van der Waals surface area contributed by atoms with Gasteiger partial charge in [0, 0.05) is 17.8 Å². The third kappa shape index (κ3) is 2.01. The third-order valence-corrected chi connectivity index (χ3v) is 2.53. The molecule has 3 N–H and O–H groups in total. The second kappa shape index (κ2) is 4.28. The summed E-state index contributed by atoms with van der Waals surface area (Å²) in [6.07, 6.45) is 3.76. The van der Waals surface area contributed by atoms with Crippen LogP contribution in [0.1, 0.15) is 5.56 Å². The van der Waals surface area contributed by atoms with E-state index in [1.807, 2.05) is 24.3 Å². The summed E-state index contributed by atoms with van der Waals surface area (Å²) >= 11 is 0. The molecule has 0 aliphatic carbocycles. The van der Waals surface area contributed by atoms with Gasteiger partial charge in [-0.25, -0.2) is 0 Å². The number of hydrogen-bond acceptors (Lipinski definition) is 3. The number of nitrogens with two attached hydrogens (primary N) is 1. The van der Waals surface area contributed by atoms with Crippen molar-refractivity contribution in [1.82, 2.24) is 4.98 Å². The van der Waals surface area contributed by atoms with Gasteiger partial charge >= 0.3 is 5.97 Å². The molecular formula is C12H12N2O2. The molecule has 4 heteroatoms. The summed E-state index contributed by atoms with van der Waals surface area (Å²) < 4.78 is 0. The first kappa shape index (κ1) is 10.6. The van der Waals surface area contributed by atoms with Gasteiger partial charge in [0.1, 0.15) is 6.04 Å². The highest BCUT2D eigenvalue weighted by Gasteiger charge is 2.13. The van der Waals surface area contributed by atoms with Crippen molar-refractivity contribution < 1.29 is 9.90 Å². The van der Waals surface area contributed by atoms with Crippen molar-refractivity contribution >= 4 is 16.7 Å². The number of aromatic nitrogens is 1. The number of nitrogens with zero attached hydrogens (tertiary/aromatic N) is 1. The van der Waals surface area contributed by atoms with Crippen molar-refractivity contribution in [3.8, 4) is 0 Å². The summed E-state index contributed by atoms with van der Waals surface area (Å²) in [6, 6.07) is 6.77. The zero-order chi connectivity index (χ0) is 11.5. The van der Waals surface area contributed by atoms with Crippen LogP contribution in [0.3, 0.4) is 0 Å². The Morgan fingerprint density at radius 3 is 3.00 bits per heavy atom. The van der Waals surface area contributed by atoms with E-state index in [9.17, 15) is 4.79 Å². The maximum atomic E-state index is 10.7. The number of carboxylic acid groups (broad SMARTS) is 1. The zero-order valence-corrected chi connectivity index (χ0v) is 8.63. The summed E-state index contributed by atoms with van der Waals surface area (Å²) in [6.45, 7) is 0. The lowest BCUT2D eigenvalue weighted by Gasteiger charge is -2.08. The molecule has 1 unspecified atom stereocenters. The molecule has 1 aromatic heterocycles. The van der Waals surface area contributed by atoms with Gasteiger partial charge in [-0.15, -0.1) is 0 Å². The molecule has 0 bridgehead atoms. The molecule has 82 valence electrons. The fraction of sp³-hybridized carbons (Fsp3) is 0.167. The van der Waals surface area contributed by atoms with Gasteiger partial charge in [-0.2, -0.15) is 0 Å². The smallest absolute Gasteiger partial charge is 0.320 e. The Balaban J connectivity index is 2.41. The van der Waals surface area contributed by atoms with E-state index < -0.39 is 12.0 Å². The molecule has 1 aromatic carbocycles. The molecule has 0 radical (unpaired) electrons. The Hall–Kier alpha value is -1.94. The Kier molecular flexibility index (Phi) is 2.83. The topological polar surface area (TPSA) is 76.2 Å². The number of fused-ring (bicyclic) bond motifs is 1. The van der Waals surface area contributed by atoms with E-state index in [-0.39, 0.29) is 0 Å². The molecular weight excluding hydrogens is 204 g/mol. The predicted molar refractivity (Wildman–Crippen MR) is 61.1 cm³/mol. The molecule has 0 aliphatic rings. The number of pyridine rings is 1. The second-order valence-electron chi connectivity index (χ2n) is 3.66. The number of rotatable bonds is 3. The van der Waals surface area contributed by atoms with Gasteiger partial charge in [0.05, 0.1) is 0 Å². The van der Waals surface area contributed by atoms with Gasteiger partial charge in [-0.1, -0.05) is 18.2 Å². The number of carboxylic acids is 1. The molecule has 0 fully saturated rings. The van der Waals surface area contributed by atoms with Crippen LogP contribution in [0.15, 0.2) is 36.7 Å². The van der Waals surface area contributed by atoms with Gasteiger partial charge in [0.25, 0.3) is 0 Å². The second-order valence-corrected chi connectivity index (χ2v) is 3.66. The van der Waals surface area contributed by atoms with E-state index in [4.69, 9.17) is 10.8 Å². The summed E-state index contributed by atoms with van der Waals surface area (Å²) in [7, 11) is 0. The fourth-order valence-corrected chi connectivity index (χ4v) is 1.68. The quantitative estimate of drug-likeness (QED) is 0.808. The van der Waals surface area contributed by atoms with Crippen LogP contribution in [0.2, 0.25) is 0 Å². The normalized spacial score (nSPS) is 12.6. The van der Waals surface area contributed by atoms with E-state index in [1.165, 1.54) is 0 Å². The first-order chi connectivity index (χ1) is 7.68. The average molecular weight is 216 g/mol. The number of benzene rings is 1. The molecule has 2 aromatic rings. The van der Waals surface area contributed by atoms with Crippen LogP contribution in [-0.2, 0) is 11.2 Å². The first-order valence-corrected chi connectivity index (χ1v) is 4.98. The van der Waals surface area contributed by atoms with Crippen molar-refractivity contribution in [3.63, 3.8) is 0 Å². The summed E-state index contributed by atoms with van der Waals surface area (Å²) in [5.41, 5.74) is 6.44. The molecule has 0 saturated heterocycles. The van der Waals surface area contributed by atoms with Crippen molar-refractivity contribution in [2.45, 2.75) is 12.5 Å². The summed E-state index contributed by atoms with van der Waals surface area (Å²) in [4.78, 5) is 14.7. The molecule has 1 atom stereocenters. The van der Waals surface area contributed by atoms with Crippen molar-refractivity contribution in [2.24, 2.45) is 5.73 Å². The minimum Gasteiger partial charge on any atom is -0.480 e. The van der Waals surface area contributed by atoms with Crippen LogP contribution < -0.4 is 5.73 Å². The van der Waals surface area contributed by atoms with Gasteiger partial charge in [0.15, 0.2) is 0 Å². The van der Waals surface area contributed by atoms with E-state index >= 15 is 0 Å². The first-order valence-electron chi connectivity index (χ1n) is 4.98. The Morgan fingerprint density at radius 1 is 1.44 bits per heavy atom. The predicted octanol–water partition coefficient (Wildman–Crippen LogP) is 1.19. The minimum absolute atomic E-state index is 0.318. The molecule has 16 heavy (non-hydrogen) atoms. The fourth-order valence-electron chi connectivity index (χ4n) is 1.68. The highest BCUT2D eigenvalue weighted by molar-refractivity contribution is 5.85. The highest BCUT2D eigenvalue weighted by Crippen LogP contribution is 2.18. The lowest BCUT2D eigenvalue weighted by atomic mass is 10.0. The van der Waals surface area contributed by atoms with Crippen LogP contribution in [0.5, 0.6) is 0 Å². The van der Waals surface area contributed by atoms with Crippen LogP contribution in [0.25, 0.3) is 10.8 Å². The zero-order valence-electron chi connectivity index (χ0n) is 8.63. The maximum Gasteiger partial charge on any atom is 0.320 e. The van der Waals surface area contributed by atoms with E-state index in [1.54, 1.807) is 12.4 Å². The molecule has 0 amide bonds. The number of aliphatic carboxylic acids is 1. The summed E-state index contributed by atoms with van der Waals surface area (Å²) in [5, 5.41) is 10.8. The lowest BCUT2D eigenvalue weighted by molar-refractivity contribution is -0.138. The van der Waals surface area contributed by atoms with Crippen molar-refractivity contribution in [1.29, 1.82) is 0 Å². The molecule has 4 nitrogen and oxygen atoms in total. The van der Waals surface area contributed by atoms with Crippen molar-refractivity contribution in [2.75, 3.05) is 0 Å². The molecule has 0 saturated carbocycles. The maximum absolute atomic E-state index is 10.7. The van der Waals surface area contributed by atoms with Crippen LogP contribution >= 0.6 is 0 Å². The summed E-state index contributed by atoms with van der Waals surface area (Å²) in [5.74, 6) is -0.985. The minimum atomic E-state index is -0.985. The monoisotopic (exact) mass is 216 g/mol. The third-order valence-electron chi connectivity index (χ3n) is 2.53. The molecule has 0 spiro atoms. The van der Waals surface area contributed by atoms with E-state index in [0.717, 1.165) is 16.3 Å². The van der Waals surface area contributed by atoms with Gasteiger partial charge in [0.2, 0.25) is 0 Å². The van der Waals surface area contributed by atoms with Gasteiger partial charge < -0.3 is 10.8 Å². The largest absolute Gasteiger partial charge is 0.480 e. The van der Waals surface area contributed by atoms with Crippen LogP contribution in [-0.4, -0.2) is 22.1 Å². The van der Waals surface area contributed by atoms with E-state index in [0.29, 0.717) is 6.42 Å². The Morgan fingerprint density at radius 2 is 2.25 bits per heavy atom. The van der Waals surface area contributed by atoms with E-state index in [2.05, 4.69) is 4.98 Å². The van der Waals surface area contributed by atoms with Crippen molar-refractivity contribution in [3.05, 3.63) is 42.2 Å². The SMILES string of the molecule is NC(Cc1cccc2ccncc12)C(=O)O. The van der Waals surface area contributed by atoms with Crippen LogP contribution in [0.4, 0.5) is 0 Å². The Bertz CT molecular complexity index is 520.